The number of alkyl halides is 3. The molecule has 0 saturated carbocycles. The number of amides is 2. The molecule has 12 heteroatoms. The van der Waals surface area contributed by atoms with E-state index in [1.54, 1.807) is 24.3 Å². The number of aromatic nitrogens is 4. The van der Waals surface area contributed by atoms with Crippen LogP contribution in [0.4, 0.5) is 13.2 Å². The molecule has 0 aliphatic rings. The van der Waals surface area contributed by atoms with Crippen LogP contribution in [0.2, 0.25) is 0 Å². The number of hydrogen-bond donors (Lipinski definition) is 2. The lowest BCUT2D eigenvalue weighted by Crippen LogP contribution is -2.35. The fraction of sp³-hybridized carbons (Fsp3) is 0.250. The smallest absolute Gasteiger partial charge is 0.435 e. The van der Waals surface area contributed by atoms with Crippen molar-refractivity contribution in [1.29, 1.82) is 0 Å². The summed E-state index contributed by atoms with van der Waals surface area (Å²) < 4.78 is 46.1. The van der Waals surface area contributed by atoms with E-state index in [-0.39, 0.29) is 19.0 Å². The van der Waals surface area contributed by atoms with Crippen LogP contribution in [-0.4, -0.2) is 51.3 Å². The number of carbonyl (C=O) groups excluding carboxylic acids is 2. The fourth-order valence-corrected chi connectivity index (χ4v) is 2.68. The molecule has 0 bridgehead atoms. The molecule has 0 atom stereocenters. The molecule has 0 radical (unpaired) electrons. The molecule has 32 heavy (non-hydrogen) atoms. The highest BCUT2D eigenvalue weighted by molar-refractivity contribution is 5.96. The molecular formula is C20H19F3N6O3. The van der Waals surface area contributed by atoms with E-state index < -0.39 is 29.2 Å². The van der Waals surface area contributed by atoms with Crippen LogP contribution in [0.5, 0.6) is 5.75 Å². The van der Waals surface area contributed by atoms with E-state index >= 15 is 0 Å². The lowest BCUT2D eigenvalue weighted by atomic mass is 10.2. The van der Waals surface area contributed by atoms with Crippen molar-refractivity contribution in [2.24, 2.45) is 0 Å². The molecule has 0 fully saturated rings. The third-order valence-corrected chi connectivity index (χ3v) is 4.11. The minimum Gasteiger partial charge on any atom is -0.494 e. The Hall–Kier alpha value is -3.96. The van der Waals surface area contributed by atoms with Crippen molar-refractivity contribution in [3.05, 3.63) is 65.7 Å². The van der Waals surface area contributed by atoms with Gasteiger partial charge in [0.1, 0.15) is 5.75 Å². The number of hydrogen-bond acceptors (Lipinski definition) is 6. The summed E-state index contributed by atoms with van der Waals surface area (Å²) in [5, 5.41) is 8.33. The molecule has 9 nitrogen and oxygen atoms in total. The second-order valence-corrected chi connectivity index (χ2v) is 6.35. The normalized spacial score (nSPS) is 11.1. The van der Waals surface area contributed by atoms with Crippen LogP contribution in [0.15, 0.2) is 48.9 Å². The van der Waals surface area contributed by atoms with Gasteiger partial charge in [-0.15, -0.1) is 0 Å². The number of rotatable bonds is 8. The second-order valence-electron chi connectivity index (χ2n) is 6.35. The fourth-order valence-electron chi connectivity index (χ4n) is 2.68. The Morgan fingerprint density at radius 3 is 2.25 bits per heavy atom. The van der Waals surface area contributed by atoms with E-state index in [0.29, 0.717) is 17.9 Å². The zero-order valence-corrected chi connectivity index (χ0v) is 16.9. The van der Waals surface area contributed by atoms with Crippen LogP contribution >= 0.6 is 0 Å². The van der Waals surface area contributed by atoms with Crippen LogP contribution in [-0.2, 0) is 6.18 Å². The van der Waals surface area contributed by atoms with Crippen LogP contribution in [0.3, 0.4) is 0 Å². The summed E-state index contributed by atoms with van der Waals surface area (Å²) in [6.07, 6.45) is -1.27. The van der Waals surface area contributed by atoms with Crippen LogP contribution < -0.4 is 15.4 Å². The van der Waals surface area contributed by atoms with Gasteiger partial charge in [0.25, 0.3) is 11.8 Å². The molecule has 168 valence electrons. The van der Waals surface area contributed by atoms with E-state index in [4.69, 9.17) is 4.74 Å². The van der Waals surface area contributed by atoms with Gasteiger partial charge in [-0.3, -0.25) is 9.59 Å². The molecule has 2 heterocycles. The number of carbonyl (C=O) groups is 2. The highest BCUT2D eigenvalue weighted by Gasteiger charge is 2.39. The number of nitrogens with one attached hydrogen (secondary N) is 2. The summed E-state index contributed by atoms with van der Waals surface area (Å²) >= 11 is 0. The van der Waals surface area contributed by atoms with Gasteiger partial charge in [-0.1, -0.05) is 0 Å². The third-order valence-electron chi connectivity index (χ3n) is 4.11. The Kier molecular flexibility index (Phi) is 7.03. The summed E-state index contributed by atoms with van der Waals surface area (Å²) in [6.45, 7) is 2.26. The Labute approximate surface area is 180 Å². The van der Waals surface area contributed by atoms with Crippen molar-refractivity contribution in [2.75, 3.05) is 19.7 Å². The van der Waals surface area contributed by atoms with Crippen molar-refractivity contribution < 1.29 is 27.5 Å². The maximum absolute atomic E-state index is 13.3. The highest BCUT2D eigenvalue weighted by atomic mass is 19.4. The van der Waals surface area contributed by atoms with Gasteiger partial charge in [-0.25, -0.2) is 14.6 Å². The second kappa shape index (κ2) is 9.90. The zero-order valence-electron chi connectivity index (χ0n) is 16.9. The number of ether oxygens (including phenoxy) is 1. The van der Waals surface area contributed by atoms with E-state index in [1.165, 1.54) is 18.5 Å². The average Bonchev–Trinajstić information content (AvgIpc) is 3.24. The third kappa shape index (κ3) is 5.59. The zero-order chi connectivity index (χ0) is 23.1. The van der Waals surface area contributed by atoms with Crippen molar-refractivity contribution in [3.63, 3.8) is 0 Å². The highest BCUT2D eigenvalue weighted by Crippen LogP contribution is 2.31. The number of halogens is 3. The van der Waals surface area contributed by atoms with Crippen molar-refractivity contribution in [3.8, 4) is 11.7 Å². The first-order valence-electron chi connectivity index (χ1n) is 9.53. The maximum Gasteiger partial charge on any atom is 0.435 e. The van der Waals surface area contributed by atoms with Crippen molar-refractivity contribution in [2.45, 2.75) is 13.1 Å². The first kappa shape index (κ1) is 22.7. The molecule has 2 amide bonds. The van der Waals surface area contributed by atoms with Crippen LogP contribution in [0.1, 0.15) is 33.3 Å². The lowest BCUT2D eigenvalue weighted by Gasteiger charge is -2.09. The Morgan fingerprint density at radius 1 is 1.03 bits per heavy atom. The monoisotopic (exact) mass is 448 g/mol. The van der Waals surface area contributed by atoms with Gasteiger partial charge in [-0.05, 0) is 37.3 Å². The average molecular weight is 448 g/mol. The summed E-state index contributed by atoms with van der Waals surface area (Å²) in [4.78, 5) is 32.1. The quantitative estimate of drug-likeness (QED) is 0.512. The molecule has 0 aliphatic carbocycles. The van der Waals surface area contributed by atoms with Crippen molar-refractivity contribution in [1.82, 2.24) is 30.4 Å². The predicted octanol–water partition coefficient (Wildman–Crippen LogP) is 2.24. The van der Waals surface area contributed by atoms with Crippen LogP contribution in [0, 0.1) is 0 Å². The minimum atomic E-state index is -4.85. The molecule has 3 rings (SSSR count). The van der Waals surface area contributed by atoms with Gasteiger partial charge in [0.2, 0.25) is 5.95 Å². The first-order chi connectivity index (χ1) is 15.3. The minimum absolute atomic E-state index is 0.00900. The van der Waals surface area contributed by atoms with E-state index in [1.807, 2.05) is 6.92 Å². The molecule has 0 aliphatic heterocycles. The number of benzene rings is 1. The number of nitrogens with zero attached hydrogens (tertiary/aromatic N) is 4. The topological polar surface area (TPSA) is 111 Å². The van der Waals surface area contributed by atoms with Gasteiger partial charge in [-0.2, -0.15) is 18.3 Å². The predicted molar refractivity (Wildman–Crippen MR) is 106 cm³/mol. The molecule has 1 aromatic carbocycles. The van der Waals surface area contributed by atoms with Gasteiger partial charge < -0.3 is 15.4 Å². The van der Waals surface area contributed by atoms with Crippen molar-refractivity contribution >= 4 is 11.8 Å². The summed E-state index contributed by atoms with van der Waals surface area (Å²) in [6, 6.07) is 7.94. The molecule has 0 unspecified atom stereocenters. The van der Waals surface area contributed by atoms with Gasteiger partial charge in [0, 0.05) is 37.2 Å². The van der Waals surface area contributed by atoms with Gasteiger partial charge in [0.05, 0.1) is 12.2 Å². The lowest BCUT2D eigenvalue weighted by molar-refractivity contribution is -0.141. The maximum atomic E-state index is 13.3. The Bertz CT molecular complexity index is 1070. The standard InChI is InChI=1S/C20H19F3N6O3/c1-2-32-14-6-4-13(5-7-14)17(30)24-10-11-25-18(31)15-12-29(19-26-8-3-9-27-19)28-16(15)20(21,22)23/h3-9,12H,2,10-11H2,1H3,(H,24,30)(H,25,31). The molecule has 0 spiro atoms. The summed E-state index contributed by atoms with van der Waals surface area (Å²) in [7, 11) is 0. The molecule has 0 saturated heterocycles. The van der Waals surface area contributed by atoms with E-state index in [0.717, 1.165) is 10.9 Å². The van der Waals surface area contributed by atoms with Gasteiger partial charge in [0.15, 0.2) is 5.69 Å². The molecular weight excluding hydrogens is 429 g/mol. The largest absolute Gasteiger partial charge is 0.494 e. The Morgan fingerprint density at radius 2 is 1.66 bits per heavy atom. The SMILES string of the molecule is CCOc1ccc(C(=O)NCCNC(=O)c2cn(-c3ncccn3)nc2C(F)(F)F)cc1. The molecule has 3 aromatic rings. The first-order valence-corrected chi connectivity index (χ1v) is 9.53. The van der Waals surface area contributed by atoms with Gasteiger partial charge >= 0.3 is 6.18 Å². The van der Waals surface area contributed by atoms with E-state index in [9.17, 15) is 22.8 Å². The van der Waals surface area contributed by atoms with Crippen LogP contribution in [0.25, 0.3) is 5.95 Å². The molecule has 2 N–H and O–H groups in total. The van der Waals surface area contributed by atoms with E-state index in [2.05, 4.69) is 25.7 Å². The summed E-state index contributed by atoms with van der Waals surface area (Å²) in [5.41, 5.74) is -1.66. The Balaban J connectivity index is 1.59. The summed E-state index contributed by atoms with van der Waals surface area (Å²) in [5.74, 6) is -0.875. The molecule has 2 aromatic heterocycles.